The molecule has 1 aromatic rings. The zero-order valence-corrected chi connectivity index (χ0v) is 13.3. The van der Waals surface area contributed by atoms with Crippen LogP contribution in [0.25, 0.3) is 0 Å². The molecule has 1 saturated heterocycles. The fourth-order valence-corrected chi connectivity index (χ4v) is 2.58. The van der Waals surface area contributed by atoms with Crippen LogP contribution in [0.1, 0.15) is 13.8 Å². The smallest absolute Gasteiger partial charge is 0.325 e. The number of carboxylic acids is 1. The molecule has 0 aromatic heterocycles. The summed E-state index contributed by atoms with van der Waals surface area (Å²) in [4.78, 5) is 27.0. The average molecular weight is 323 g/mol. The zero-order valence-electron chi connectivity index (χ0n) is 13.3. The topological polar surface area (TPSA) is 72.9 Å². The van der Waals surface area contributed by atoms with E-state index in [4.69, 9.17) is 5.11 Å². The second kappa shape index (κ2) is 7.41. The minimum atomic E-state index is -1.05. The van der Waals surface area contributed by atoms with Gasteiger partial charge in [-0.05, 0) is 38.1 Å². The number of nitrogens with zero attached hydrogens (tertiary/aromatic N) is 2. The molecule has 2 rings (SSSR count). The van der Waals surface area contributed by atoms with Crippen molar-refractivity contribution in [3.63, 3.8) is 0 Å². The van der Waals surface area contributed by atoms with E-state index < -0.39 is 12.0 Å². The van der Waals surface area contributed by atoms with E-state index in [-0.39, 0.29) is 17.8 Å². The first-order chi connectivity index (χ1) is 10.9. The normalized spacial score (nSPS) is 18.3. The van der Waals surface area contributed by atoms with E-state index in [9.17, 15) is 14.0 Å². The van der Waals surface area contributed by atoms with Crippen molar-refractivity contribution in [3.8, 4) is 0 Å². The minimum Gasteiger partial charge on any atom is -0.480 e. The fourth-order valence-electron chi connectivity index (χ4n) is 2.58. The summed E-state index contributed by atoms with van der Waals surface area (Å²) in [6.07, 6.45) is 0. The Morgan fingerprint density at radius 3 is 2.22 bits per heavy atom. The number of carboxylic acid groups (broad SMARTS) is 1. The number of hydrogen-bond donors (Lipinski definition) is 2. The van der Waals surface area contributed by atoms with Gasteiger partial charge in [0.2, 0.25) is 5.91 Å². The van der Waals surface area contributed by atoms with Gasteiger partial charge in [-0.2, -0.15) is 0 Å². The number of amides is 1. The summed E-state index contributed by atoms with van der Waals surface area (Å²) in [7, 11) is 0. The number of benzene rings is 1. The van der Waals surface area contributed by atoms with Gasteiger partial charge in [-0.25, -0.2) is 4.39 Å². The summed E-state index contributed by atoms with van der Waals surface area (Å²) in [6, 6.07) is 5.08. The summed E-state index contributed by atoms with van der Waals surface area (Å²) in [6.45, 7) is 6.06. The Hall–Kier alpha value is -2.15. The molecule has 1 heterocycles. The minimum absolute atomic E-state index is 0.259. The van der Waals surface area contributed by atoms with Gasteiger partial charge in [0.1, 0.15) is 11.9 Å². The Balaban J connectivity index is 1.87. The van der Waals surface area contributed by atoms with E-state index in [1.807, 2.05) is 4.90 Å². The maximum atomic E-state index is 13.0. The van der Waals surface area contributed by atoms with Crippen molar-refractivity contribution < 1.29 is 19.1 Å². The van der Waals surface area contributed by atoms with Crippen molar-refractivity contribution in [2.75, 3.05) is 31.1 Å². The fraction of sp³-hybridized carbons (Fsp3) is 0.500. The quantitative estimate of drug-likeness (QED) is 0.843. The third kappa shape index (κ3) is 4.41. The molecule has 1 fully saturated rings. The van der Waals surface area contributed by atoms with Crippen molar-refractivity contribution >= 4 is 17.6 Å². The maximum absolute atomic E-state index is 13.0. The Morgan fingerprint density at radius 1 is 1.13 bits per heavy atom. The number of nitrogens with one attached hydrogen (secondary N) is 1. The summed E-state index contributed by atoms with van der Waals surface area (Å²) in [5.41, 5.74) is 0.961. The van der Waals surface area contributed by atoms with Crippen LogP contribution in [-0.2, 0) is 9.59 Å². The number of rotatable bonds is 5. The molecule has 7 heteroatoms. The number of halogens is 1. The number of aliphatic carboxylic acids is 1. The molecule has 0 bridgehead atoms. The lowest BCUT2D eigenvalue weighted by atomic mass is 10.2. The van der Waals surface area contributed by atoms with E-state index in [1.165, 1.54) is 19.1 Å². The molecule has 1 aliphatic heterocycles. The predicted molar refractivity (Wildman–Crippen MR) is 84.9 cm³/mol. The van der Waals surface area contributed by atoms with Crippen molar-refractivity contribution in [2.45, 2.75) is 25.9 Å². The van der Waals surface area contributed by atoms with E-state index in [2.05, 4.69) is 10.2 Å². The first-order valence-corrected chi connectivity index (χ1v) is 7.66. The monoisotopic (exact) mass is 323 g/mol. The van der Waals surface area contributed by atoms with Crippen LogP contribution in [0.5, 0.6) is 0 Å². The van der Waals surface area contributed by atoms with E-state index >= 15 is 0 Å². The lowest BCUT2D eigenvalue weighted by molar-refractivity contribution is -0.142. The molecule has 2 atom stereocenters. The highest BCUT2D eigenvalue weighted by molar-refractivity contribution is 5.86. The van der Waals surface area contributed by atoms with Gasteiger partial charge in [0.15, 0.2) is 0 Å². The molecule has 23 heavy (non-hydrogen) atoms. The molecule has 0 spiro atoms. The van der Waals surface area contributed by atoms with Gasteiger partial charge < -0.3 is 15.3 Å². The standard InChI is InChI=1S/C16H22FN3O3/c1-11(16(22)23)18-15(21)12(2)19-7-9-20(10-8-19)14-5-3-13(17)4-6-14/h3-6,11-12H,7-10H2,1-2H3,(H,18,21)(H,22,23)/t11-,12+/m0/s1. The van der Waals surface area contributed by atoms with Gasteiger partial charge in [-0.15, -0.1) is 0 Å². The molecule has 126 valence electrons. The molecule has 0 saturated carbocycles. The highest BCUT2D eigenvalue weighted by atomic mass is 19.1. The van der Waals surface area contributed by atoms with Crippen LogP contribution in [0.2, 0.25) is 0 Å². The Labute approximate surface area is 134 Å². The van der Waals surface area contributed by atoms with Crippen LogP contribution < -0.4 is 10.2 Å². The van der Waals surface area contributed by atoms with Gasteiger partial charge >= 0.3 is 5.97 Å². The lowest BCUT2D eigenvalue weighted by Gasteiger charge is -2.38. The number of carbonyl (C=O) groups is 2. The summed E-state index contributed by atoms with van der Waals surface area (Å²) >= 11 is 0. The predicted octanol–water partition coefficient (Wildman–Crippen LogP) is 0.925. The second-order valence-corrected chi connectivity index (χ2v) is 5.74. The van der Waals surface area contributed by atoms with Crippen LogP contribution in [0, 0.1) is 5.82 Å². The van der Waals surface area contributed by atoms with E-state index in [0.717, 1.165) is 18.8 Å². The largest absolute Gasteiger partial charge is 0.480 e. The molecule has 1 aromatic carbocycles. The molecule has 2 N–H and O–H groups in total. The molecule has 0 aliphatic carbocycles. The van der Waals surface area contributed by atoms with Crippen molar-refractivity contribution in [3.05, 3.63) is 30.1 Å². The van der Waals surface area contributed by atoms with Crippen molar-refractivity contribution in [1.29, 1.82) is 0 Å². The Kier molecular flexibility index (Phi) is 5.54. The molecule has 6 nitrogen and oxygen atoms in total. The highest BCUT2D eigenvalue weighted by Crippen LogP contribution is 2.17. The van der Waals surface area contributed by atoms with Crippen molar-refractivity contribution in [2.24, 2.45) is 0 Å². The Bertz CT molecular complexity index is 556. The molecular weight excluding hydrogens is 301 g/mol. The molecule has 1 aliphatic rings. The van der Waals surface area contributed by atoms with Crippen LogP contribution in [0.15, 0.2) is 24.3 Å². The van der Waals surface area contributed by atoms with Crippen LogP contribution in [0.3, 0.4) is 0 Å². The first kappa shape index (κ1) is 17.2. The van der Waals surface area contributed by atoms with Gasteiger partial charge in [-0.3, -0.25) is 14.5 Å². The van der Waals surface area contributed by atoms with Crippen LogP contribution in [0.4, 0.5) is 10.1 Å². The van der Waals surface area contributed by atoms with Gasteiger partial charge in [-0.1, -0.05) is 0 Å². The highest BCUT2D eigenvalue weighted by Gasteiger charge is 2.27. The van der Waals surface area contributed by atoms with Crippen molar-refractivity contribution in [1.82, 2.24) is 10.2 Å². The van der Waals surface area contributed by atoms with Crippen LogP contribution in [-0.4, -0.2) is 60.1 Å². The first-order valence-electron chi connectivity index (χ1n) is 7.66. The average Bonchev–Trinajstić information content (AvgIpc) is 2.55. The summed E-state index contributed by atoms with van der Waals surface area (Å²) in [5.74, 6) is -1.59. The third-order valence-corrected chi connectivity index (χ3v) is 4.16. The SMILES string of the molecule is C[C@H](NC(=O)[C@@H](C)N1CCN(c2ccc(F)cc2)CC1)C(=O)O. The van der Waals surface area contributed by atoms with Gasteiger partial charge in [0, 0.05) is 31.9 Å². The summed E-state index contributed by atoms with van der Waals surface area (Å²) in [5, 5.41) is 11.3. The van der Waals surface area contributed by atoms with E-state index in [1.54, 1.807) is 19.1 Å². The molecule has 0 radical (unpaired) electrons. The van der Waals surface area contributed by atoms with Gasteiger partial charge in [0.25, 0.3) is 0 Å². The van der Waals surface area contributed by atoms with Crippen LogP contribution >= 0.6 is 0 Å². The molecule has 0 unspecified atom stereocenters. The third-order valence-electron chi connectivity index (χ3n) is 4.16. The lowest BCUT2D eigenvalue weighted by Crippen LogP contribution is -2.55. The second-order valence-electron chi connectivity index (χ2n) is 5.74. The number of anilines is 1. The number of hydrogen-bond acceptors (Lipinski definition) is 4. The maximum Gasteiger partial charge on any atom is 0.325 e. The van der Waals surface area contributed by atoms with E-state index in [0.29, 0.717) is 13.1 Å². The zero-order chi connectivity index (χ0) is 17.0. The molecule has 1 amide bonds. The van der Waals surface area contributed by atoms with Gasteiger partial charge in [0.05, 0.1) is 6.04 Å². The molecular formula is C16H22FN3O3. The summed E-state index contributed by atoms with van der Waals surface area (Å²) < 4.78 is 13.0. The number of carbonyl (C=O) groups excluding carboxylic acids is 1. The number of piperazine rings is 1. The Morgan fingerprint density at radius 2 is 1.70 bits per heavy atom.